The van der Waals surface area contributed by atoms with Crippen LogP contribution in [0.4, 0.5) is 0 Å². The van der Waals surface area contributed by atoms with Gasteiger partial charge in [-0.3, -0.25) is 9.69 Å². The van der Waals surface area contributed by atoms with Crippen molar-refractivity contribution in [3.8, 4) is 0 Å². The molecule has 0 aliphatic rings. The van der Waals surface area contributed by atoms with Crippen molar-refractivity contribution in [1.29, 1.82) is 0 Å². The number of hydrogen-bond acceptors (Lipinski definition) is 4. The summed E-state index contributed by atoms with van der Waals surface area (Å²) >= 11 is 0. The summed E-state index contributed by atoms with van der Waals surface area (Å²) in [5.74, 6) is 0.0149. The summed E-state index contributed by atoms with van der Waals surface area (Å²) in [6.07, 6.45) is 1.52. The third kappa shape index (κ3) is 3.46. The maximum atomic E-state index is 12.4. The largest absolute Gasteiger partial charge is 0.464 e. The number of benzene rings is 1. The van der Waals surface area contributed by atoms with Crippen LogP contribution in [-0.4, -0.2) is 41.0 Å². The van der Waals surface area contributed by atoms with Crippen molar-refractivity contribution in [2.75, 3.05) is 19.6 Å². The van der Waals surface area contributed by atoms with E-state index in [1.165, 1.54) is 6.26 Å². The predicted octanol–water partition coefficient (Wildman–Crippen LogP) is 2.71. The van der Waals surface area contributed by atoms with E-state index in [0.29, 0.717) is 18.7 Å². The van der Waals surface area contributed by atoms with E-state index < -0.39 is 5.60 Å². The first-order chi connectivity index (χ1) is 9.40. The number of para-hydroxylation sites is 1. The summed E-state index contributed by atoms with van der Waals surface area (Å²) in [7, 11) is 0. The van der Waals surface area contributed by atoms with Gasteiger partial charge < -0.3 is 9.52 Å². The van der Waals surface area contributed by atoms with Crippen molar-refractivity contribution in [3.63, 3.8) is 0 Å². The number of Topliss-reactive ketones (excluding diaryl/α,β-unsaturated/α-hetero) is 1. The van der Waals surface area contributed by atoms with Crippen molar-refractivity contribution >= 4 is 16.8 Å². The highest BCUT2D eigenvalue weighted by atomic mass is 16.3. The first-order valence-electron chi connectivity index (χ1n) is 6.85. The molecule has 1 N–H and O–H groups in total. The monoisotopic (exact) mass is 275 g/mol. The summed E-state index contributed by atoms with van der Waals surface area (Å²) in [5.41, 5.74) is 0.519. The number of aliphatic hydroxyl groups is 1. The molecular formula is C16H21NO3. The number of carbonyl (C=O) groups excluding carboxylic acids is 1. The van der Waals surface area contributed by atoms with Gasteiger partial charge in [-0.1, -0.05) is 25.1 Å². The SMILES string of the molecule is CCN(CC(=O)c1coc2ccccc12)CC(C)(C)O. The Morgan fingerprint density at radius 1 is 1.35 bits per heavy atom. The van der Waals surface area contributed by atoms with Crippen LogP contribution < -0.4 is 0 Å². The molecule has 0 atom stereocenters. The lowest BCUT2D eigenvalue weighted by molar-refractivity contribution is 0.0376. The van der Waals surface area contributed by atoms with Crippen molar-refractivity contribution < 1.29 is 14.3 Å². The molecule has 2 aromatic rings. The number of ketones is 1. The van der Waals surface area contributed by atoms with Gasteiger partial charge in [0.15, 0.2) is 5.78 Å². The van der Waals surface area contributed by atoms with Crippen LogP contribution in [0.3, 0.4) is 0 Å². The molecule has 20 heavy (non-hydrogen) atoms. The molecule has 4 nitrogen and oxygen atoms in total. The molecule has 0 saturated heterocycles. The van der Waals surface area contributed by atoms with Crippen molar-refractivity contribution in [3.05, 3.63) is 36.1 Å². The molecule has 0 aliphatic carbocycles. The van der Waals surface area contributed by atoms with Crippen LogP contribution in [-0.2, 0) is 0 Å². The van der Waals surface area contributed by atoms with Crippen LogP contribution in [0.2, 0.25) is 0 Å². The molecule has 2 rings (SSSR count). The van der Waals surface area contributed by atoms with Crippen LogP contribution in [0, 0.1) is 0 Å². The van der Waals surface area contributed by atoms with E-state index in [-0.39, 0.29) is 12.3 Å². The second-order valence-electron chi connectivity index (χ2n) is 5.68. The molecule has 108 valence electrons. The van der Waals surface area contributed by atoms with E-state index in [1.54, 1.807) is 13.8 Å². The lowest BCUT2D eigenvalue weighted by Crippen LogP contribution is -2.41. The molecule has 0 saturated carbocycles. The van der Waals surface area contributed by atoms with Gasteiger partial charge in [0.2, 0.25) is 0 Å². The first kappa shape index (κ1) is 14.8. The minimum Gasteiger partial charge on any atom is -0.464 e. The molecule has 0 unspecified atom stereocenters. The number of furan rings is 1. The van der Waals surface area contributed by atoms with Gasteiger partial charge in [-0.05, 0) is 26.5 Å². The number of nitrogens with zero attached hydrogens (tertiary/aromatic N) is 1. The van der Waals surface area contributed by atoms with E-state index in [0.717, 1.165) is 11.0 Å². The van der Waals surface area contributed by atoms with Gasteiger partial charge in [0, 0.05) is 11.9 Å². The average molecular weight is 275 g/mol. The van der Waals surface area contributed by atoms with Crippen LogP contribution >= 0.6 is 0 Å². The van der Waals surface area contributed by atoms with E-state index in [9.17, 15) is 9.90 Å². The highest BCUT2D eigenvalue weighted by molar-refractivity contribution is 6.08. The molecule has 0 aliphatic heterocycles. The Morgan fingerprint density at radius 3 is 2.70 bits per heavy atom. The smallest absolute Gasteiger partial charge is 0.180 e. The molecule has 0 radical (unpaired) electrons. The Kier molecular flexibility index (Phi) is 4.26. The van der Waals surface area contributed by atoms with E-state index >= 15 is 0 Å². The quantitative estimate of drug-likeness (QED) is 0.824. The summed E-state index contributed by atoms with van der Waals surface area (Å²) in [5, 5.41) is 10.7. The number of rotatable bonds is 6. The fraction of sp³-hybridized carbons (Fsp3) is 0.438. The van der Waals surface area contributed by atoms with Gasteiger partial charge >= 0.3 is 0 Å². The minimum atomic E-state index is -0.811. The fourth-order valence-corrected chi connectivity index (χ4v) is 2.31. The van der Waals surface area contributed by atoms with Gasteiger partial charge in [0.05, 0.1) is 17.7 Å². The predicted molar refractivity (Wildman–Crippen MR) is 79.0 cm³/mol. The molecule has 1 aromatic heterocycles. The van der Waals surface area contributed by atoms with Crippen LogP contribution in [0.15, 0.2) is 34.9 Å². The van der Waals surface area contributed by atoms with Gasteiger partial charge in [-0.25, -0.2) is 0 Å². The van der Waals surface area contributed by atoms with Gasteiger partial charge in [0.1, 0.15) is 11.8 Å². The summed E-state index contributed by atoms with van der Waals surface area (Å²) in [6.45, 7) is 6.92. The van der Waals surface area contributed by atoms with Crippen LogP contribution in [0.1, 0.15) is 31.1 Å². The average Bonchev–Trinajstić information content (AvgIpc) is 2.80. The Balaban J connectivity index is 2.15. The molecule has 1 aromatic carbocycles. The highest BCUT2D eigenvalue weighted by Gasteiger charge is 2.21. The molecule has 0 fully saturated rings. The standard InChI is InChI=1S/C16H21NO3/c1-4-17(11-16(2,3)19)9-14(18)13-10-20-15-8-6-5-7-12(13)15/h5-8,10,19H,4,9,11H2,1-3H3. The fourth-order valence-electron chi connectivity index (χ4n) is 2.31. The maximum absolute atomic E-state index is 12.4. The number of carbonyl (C=O) groups is 1. The van der Waals surface area contributed by atoms with E-state index in [2.05, 4.69) is 0 Å². The zero-order valence-electron chi connectivity index (χ0n) is 12.2. The minimum absolute atomic E-state index is 0.0149. The molecule has 0 bridgehead atoms. The second-order valence-corrected chi connectivity index (χ2v) is 5.68. The third-order valence-electron chi connectivity index (χ3n) is 3.21. The third-order valence-corrected chi connectivity index (χ3v) is 3.21. The lowest BCUT2D eigenvalue weighted by atomic mass is 10.1. The summed E-state index contributed by atoms with van der Waals surface area (Å²) < 4.78 is 5.40. The normalized spacial score (nSPS) is 12.2. The molecular weight excluding hydrogens is 254 g/mol. The Bertz CT molecular complexity index is 595. The lowest BCUT2D eigenvalue weighted by Gasteiger charge is -2.27. The Morgan fingerprint density at radius 2 is 2.05 bits per heavy atom. The maximum Gasteiger partial charge on any atom is 0.180 e. The highest BCUT2D eigenvalue weighted by Crippen LogP contribution is 2.21. The van der Waals surface area contributed by atoms with Crippen molar-refractivity contribution in [2.24, 2.45) is 0 Å². The van der Waals surface area contributed by atoms with E-state index in [4.69, 9.17) is 4.42 Å². The topological polar surface area (TPSA) is 53.7 Å². The molecule has 0 amide bonds. The Labute approximate surface area is 119 Å². The van der Waals surface area contributed by atoms with Gasteiger partial charge in [-0.2, -0.15) is 0 Å². The zero-order chi connectivity index (χ0) is 14.8. The van der Waals surface area contributed by atoms with Gasteiger partial charge in [0.25, 0.3) is 0 Å². The second kappa shape index (κ2) is 5.77. The Hall–Kier alpha value is -1.65. The van der Waals surface area contributed by atoms with E-state index in [1.807, 2.05) is 36.1 Å². The first-order valence-corrected chi connectivity index (χ1v) is 6.85. The molecule has 0 spiro atoms. The summed E-state index contributed by atoms with van der Waals surface area (Å²) in [6, 6.07) is 7.51. The summed E-state index contributed by atoms with van der Waals surface area (Å²) in [4.78, 5) is 14.3. The molecule has 1 heterocycles. The van der Waals surface area contributed by atoms with Crippen LogP contribution in [0.25, 0.3) is 11.0 Å². The zero-order valence-corrected chi connectivity index (χ0v) is 12.2. The van der Waals surface area contributed by atoms with Crippen molar-refractivity contribution in [2.45, 2.75) is 26.4 Å². The van der Waals surface area contributed by atoms with Gasteiger partial charge in [-0.15, -0.1) is 0 Å². The van der Waals surface area contributed by atoms with Crippen LogP contribution in [0.5, 0.6) is 0 Å². The van der Waals surface area contributed by atoms with Crippen molar-refractivity contribution in [1.82, 2.24) is 4.90 Å². The number of hydrogen-bond donors (Lipinski definition) is 1. The number of fused-ring (bicyclic) bond motifs is 1. The number of likely N-dealkylation sites (N-methyl/N-ethyl adjacent to an activating group) is 1. The molecule has 4 heteroatoms.